The minimum atomic E-state index is 0.280. The van der Waals surface area contributed by atoms with Crippen molar-refractivity contribution in [3.63, 3.8) is 0 Å². The van der Waals surface area contributed by atoms with E-state index in [0.29, 0.717) is 6.04 Å². The van der Waals surface area contributed by atoms with E-state index in [9.17, 15) is 0 Å². The Hall–Kier alpha value is -0.760. The van der Waals surface area contributed by atoms with Crippen molar-refractivity contribution in [2.45, 2.75) is 77.3 Å². The van der Waals surface area contributed by atoms with Gasteiger partial charge in [0, 0.05) is 23.5 Å². The van der Waals surface area contributed by atoms with Gasteiger partial charge in [-0.25, -0.2) is 0 Å². The van der Waals surface area contributed by atoms with Crippen LogP contribution in [0.2, 0.25) is 0 Å². The number of aromatic nitrogens is 1. The van der Waals surface area contributed by atoms with Crippen LogP contribution < -0.4 is 5.73 Å². The normalized spacial score (nSPS) is 26.2. The second-order valence-electron chi connectivity index (χ2n) is 6.70. The molecule has 0 spiro atoms. The lowest BCUT2D eigenvalue weighted by Gasteiger charge is -2.32. The van der Waals surface area contributed by atoms with Crippen LogP contribution in [0.1, 0.15) is 80.9 Å². The first kappa shape index (κ1) is 13.2. The molecule has 2 aliphatic carbocycles. The lowest BCUT2D eigenvalue weighted by molar-refractivity contribution is 0.257. The molecule has 2 heteroatoms. The van der Waals surface area contributed by atoms with Crippen molar-refractivity contribution in [3.8, 4) is 0 Å². The first-order chi connectivity index (χ1) is 9.18. The van der Waals surface area contributed by atoms with Crippen LogP contribution >= 0.6 is 0 Å². The summed E-state index contributed by atoms with van der Waals surface area (Å²) >= 11 is 0. The number of aryl methyl sites for hydroxylation is 1. The van der Waals surface area contributed by atoms with Crippen molar-refractivity contribution in [1.29, 1.82) is 0 Å². The Labute approximate surface area is 117 Å². The highest BCUT2D eigenvalue weighted by atomic mass is 15.0. The van der Waals surface area contributed by atoms with Crippen molar-refractivity contribution in [2.24, 2.45) is 11.7 Å². The highest BCUT2D eigenvalue weighted by molar-refractivity contribution is 5.33. The molecule has 1 aromatic heterocycles. The lowest BCUT2D eigenvalue weighted by atomic mass is 9.84. The number of fused-ring (bicyclic) bond motifs is 1. The molecular weight excluding hydrogens is 232 g/mol. The van der Waals surface area contributed by atoms with Gasteiger partial charge in [0.15, 0.2) is 0 Å². The second kappa shape index (κ2) is 5.32. The third kappa shape index (κ3) is 2.35. The minimum Gasteiger partial charge on any atom is -0.346 e. The number of hydrogen-bond donors (Lipinski definition) is 1. The average molecular weight is 260 g/mol. The first-order valence-electron chi connectivity index (χ1n) is 8.14. The maximum atomic E-state index is 6.29. The molecular formula is C17H28N2. The van der Waals surface area contributed by atoms with E-state index in [4.69, 9.17) is 5.73 Å². The molecule has 1 aromatic rings. The van der Waals surface area contributed by atoms with E-state index in [1.54, 1.807) is 5.69 Å². The Morgan fingerprint density at radius 2 is 1.89 bits per heavy atom. The van der Waals surface area contributed by atoms with Gasteiger partial charge < -0.3 is 10.3 Å². The molecule has 0 radical (unpaired) electrons. The van der Waals surface area contributed by atoms with Gasteiger partial charge in [0.2, 0.25) is 0 Å². The van der Waals surface area contributed by atoms with Gasteiger partial charge in [0.25, 0.3) is 0 Å². The van der Waals surface area contributed by atoms with Gasteiger partial charge in [-0.3, -0.25) is 0 Å². The van der Waals surface area contributed by atoms with E-state index in [1.165, 1.54) is 56.2 Å². The van der Waals surface area contributed by atoms with Crippen LogP contribution in [0, 0.1) is 12.8 Å². The molecule has 2 nitrogen and oxygen atoms in total. The van der Waals surface area contributed by atoms with Gasteiger partial charge in [0.1, 0.15) is 0 Å². The number of nitrogens with two attached hydrogens (primary N) is 1. The zero-order valence-corrected chi connectivity index (χ0v) is 12.5. The molecule has 0 bridgehead atoms. The Morgan fingerprint density at radius 1 is 1.16 bits per heavy atom. The van der Waals surface area contributed by atoms with Crippen molar-refractivity contribution >= 4 is 0 Å². The van der Waals surface area contributed by atoms with E-state index in [1.807, 2.05) is 0 Å². The maximum absolute atomic E-state index is 6.29. The summed E-state index contributed by atoms with van der Waals surface area (Å²) in [6.07, 6.45) is 10.8. The van der Waals surface area contributed by atoms with Crippen LogP contribution in [0.3, 0.4) is 0 Å². The fraction of sp³-hybridized carbons (Fsp3) is 0.765. The zero-order valence-electron chi connectivity index (χ0n) is 12.5. The molecule has 3 rings (SSSR count). The fourth-order valence-corrected chi connectivity index (χ4v) is 4.36. The molecule has 0 saturated heterocycles. The monoisotopic (exact) mass is 260 g/mol. The molecule has 0 amide bonds. The molecule has 1 heterocycles. The topological polar surface area (TPSA) is 30.9 Å². The van der Waals surface area contributed by atoms with Crippen LogP contribution in [0.4, 0.5) is 0 Å². The van der Waals surface area contributed by atoms with Crippen molar-refractivity contribution in [2.75, 3.05) is 0 Å². The summed E-state index contributed by atoms with van der Waals surface area (Å²) < 4.78 is 2.63. The minimum absolute atomic E-state index is 0.280. The third-order valence-electron chi connectivity index (χ3n) is 5.44. The molecule has 19 heavy (non-hydrogen) atoms. The summed E-state index contributed by atoms with van der Waals surface area (Å²) in [7, 11) is 0. The summed E-state index contributed by atoms with van der Waals surface area (Å²) in [6, 6.07) is 3.30. The molecule has 1 saturated carbocycles. The van der Waals surface area contributed by atoms with Gasteiger partial charge in [-0.2, -0.15) is 0 Å². The van der Waals surface area contributed by atoms with Crippen LogP contribution in [-0.4, -0.2) is 4.57 Å². The van der Waals surface area contributed by atoms with E-state index >= 15 is 0 Å². The predicted octanol–water partition coefficient (Wildman–Crippen LogP) is 4.27. The molecule has 2 aliphatic rings. The van der Waals surface area contributed by atoms with Crippen molar-refractivity contribution in [3.05, 3.63) is 23.0 Å². The fourth-order valence-electron chi connectivity index (χ4n) is 4.36. The predicted molar refractivity (Wildman–Crippen MR) is 80.3 cm³/mol. The van der Waals surface area contributed by atoms with E-state index in [-0.39, 0.29) is 6.04 Å². The Balaban J connectivity index is 1.91. The smallest absolute Gasteiger partial charge is 0.0335 e. The summed E-state index contributed by atoms with van der Waals surface area (Å²) in [6.45, 7) is 4.70. The van der Waals surface area contributed by atoms with Crippen molar-refractivity contribution in [1.82, 2.24) is 4.57 Å². The van der Waals surface area contributed by atoms with Gasteiger partial charge in [-0.1, -0.05) is 19.3 Å². The van der Waals surface area contributed by atoms with E-state index in [0.717, 1.165) is 12.3 Å². The molecule has 2 N–H and O–H groups in total. The molecule has 2 atom stereocenters. The Kier molecular flexibility index (Phi) is 3.70. The van der Waals surface area contributed by atoms with Crippen molar-refractivity contribution < 1.29 is 0 Å². The van der Waals surface area contributed by atoms with Crippen LogP contribution in [0.15, 0.2) is 6.07 Å². The standard InChI is InChI=1S/C17H28N2/c1-12-11-15-16(18)9-6-10-17(15)19(12)13(2)14-7-4-3-5-8-14/h11,13-14,16H,3-10,18H2,1-2H3. The number of nitrogens with zero attached hydrogens (tertiary/aromatic N) is 1. The Morgan fingerprint density at radius 3 is 2.63 bits per heavy atom. The summed E-state index contributed by atoms with van der Waals surface area (Å²) in [5.74, 6) is 0.877. The lowest BCUT2D eigenvalue weighted by Crippen LogP contribution is -2.24. The van der Waals surface area contributed by atoms with Crippen LogP contribution in [0.25, 0.3) is 0 Å². The Bertz CT molecular complexity index is 440. The van der Waals surface area contributed by atoms with Gasteiger partial charge in [0.05, 0.1) is 0 Å². The second-order valence-corrected chi connectivity index (χ2v) is 6.70. The van der Waals surface area contributed by atoms with Gasteiger partial charge >= 0.3 is 0 Å². The number of rotatable bonds is 2. The number of hydrogen-bond acceptors (Lipinski definition) is 1. The van der Waals surface area contributed by atoms with Crippen LogP contribution in [-0.2, 0) is 6.42 Å². The van der Waals surface area contributed by atoms with Gasteiger partial charge in [-0.05, 0) is 63.5 Å². The maximum Gasteiger partial charge on any atom is 0.0335 e. The summed E-state index contributed by atoms with van der Waals surface area (Å²) in [4.78, 5) is 0. The van der Waals surface area contributed by atoms with Crippen LogP contribution in [0.5, 0.6) is 0 Å². The summed E-state index contributed by atoms with van der Waals surface area (Å²) in [5.41, 5.74) is 10.7. The zero-order chi connectivity index (χ0) is 13.4. The largest absolute Gasteiger partial charge is 0.346 e. The molecule has 106 valence electrons. The molecule has 1 fully saturated rings. The molecule has 2 unspecified atom stereocenters. The quantitative estimate of drug-likeness (QED) is 0.845. The van der Waals surface area contributed by atoms with Gasteiger partial charge in [-0.15, -0.1) is 0 Å². The third-order valence-corrected chi connectivity index (χ3v) is 5.44. The SMILES string of the molecule is Cc1cc2c(n1C(C)C1CCCCC1)CCCC2N. The van der Waals surface area contributed by atoms with E-state index < -0.39 is 0 Å². The highest BCUT2D eigenvalue weighted by Crippen LogP contribution is 2.38. The molecule has 0 aromatic carbocycles. The summed E-state index contributed by atoms with van der Waals surface area (Å²) in [5, 5.41) is 0. The highest BCUT2D eigenvalue weighted by Gasteiger charge is 2.28. The molecule has 0 aliphatic heterocycles. The average Bonchev–Trinajstić information content (AvgIpc) is 2.77. The first-order valence-corrected chi connectivity index (χ1v) is 8.14. The van der Waals surface area contributed by atoms with E-state index in [2.05, 4.69) is 24.5 Å².